The Hall–Kier alpha value is -1.65. The van der Waals surface area contributed by atoms with Gasteiger partial charge in [-0.15, -0.1) is 0 Å². The number of anilines is 1. The van der Waals surface area contributed by atoms with Crippen LogP contribution in [-0.2, 0) is 0 Å². The van der Waals surface area contributed by atoms with Crippen LogP contribution in [-0.4, -0.2) is 22.0 Å². The first-order valence-corrected chi connectivity index (χ1v) is 8.68. The van der Waals surface area contributed by atoms with Gasteiger partial charge >= 0.3 is 6.03 Å². The number of hydrogen-bond donors (Lipinski definition) is 2. The third-order valence-electron chi connectivity index (χ3n) is 4.25. The zero-order valence-corrected chi connectivity index (χ0v) is 13.4. The van der Waals surface area contributed by atoms with Gasteiger partial charge in [0.25, 0.3) is 0 Å². The van der Waals surface area contributed by atoms with Gasteiger partial charge in [0.1, 0.15) is 0 Å². The van der Waals surface area contributed by atoms with E-state index in [0.29, 0.717) is 5.82 Å². The van der Waals surface area contributed by atoms with E-state index in [1.165, 1.54) is 57.8 Å². The van der Waals surface area contributed by atoms with Gasteiger partial charge in [0.05, 0.1) is 6.20 Å². The molecular weight excluding hydrogens is 276 g/mol. The second-order valence-corrected chi connectivity index (χ2v) is 6.15. The lowest BCUT2D eigenvalue weighted by Gasteiger charge is -2.19. The number of carbonyl (C=O) groups excluding carboxylic acids is 1. The summed E-state index contributed by atoms with van der Waals surface area (Å²) in [6.45, 7) is 0. The fraction of sp³-hybridized carbons (Fsp3) is 0.706. The van der Waals surface area contributed by atoms with E-state index in [4.69, 9.17) is 0 Å². The number of rotatable bonds is 2. The summed E-state index contributed by atoms with van der Waals surface area (Å²) in [6, 6.07) is 0.105. The fourth-order valence-electron chi connectivity index (χ4n) is 3.01. The Labute approximate surface area is 133 Å². The van der Waals surface area contributed by atoms with Crippen molar-refractivity contribution >= 4 is 11.8 Å². The Morgan fingerprint density at radius 3 is 2.05 bits per heavy atom. The standard InChI is InChI=1S/C17H28N4O/c22-17(21-16-14-18-12-13-19-16)20-15-10-8-6-4-2-1-3-5-7-9-11-15/h12-15H,1-11H2,(H2,19,20,21,22). The van der Waals surface area contributed by atoms with E-state index >= 15 is 0 Å². The van der Waals surface area contributed by atoms with Gasteiger partial charge in [-0.1, -0.05) is 57.8 Å². The number of nitrogens with one attached hydrogen (secondary N) is 2. The van der Waals surface area contributed by atoms with E-state index in [2.05, 4.69) is 20.6 Å². The number of urea groups is 1. The molecule has 0 radical (unpaired) electrons. The molecule has 2 amide bonds. The van der Waals surface area contributed by atoms with Crippen LogP contribution in [0.5, 0.6) is 0 Å². The zero-order chi connectivity index (χ0) is 15.5. The molecule has 1 aliphatic carbocycles. The summed E-state index contributed by atoms with van der Waals surface area (Å²) in [5, 5.41) is 5.85. The van der Waals surface area contributed by atoms with Crippen molar-refractivity contribution in [3.8, 4) is 0 Å². The second-order valence-electron chi connectivity index (χ2n) is 6.15. The fourth-order valence-corrected chi connectivity index (χ4v) is 3.01. The van der Waals surface area contributed by atoms with Crippen LogP contribution in [0.3, 0.4) is 0 Å². The van der Waals surface area contributed by atoms with Gasteiger partial charge in [0.2, 0.25) is 0 Å². The summed E-state index contributed by atoms with van der Waals surface area (Å²) in [7, 11) is 0. The van der Waals surface area contributed by atoms with E-state index in [-0.39, 0.29) is 12.1 Å². The molecule has 0 atom stereocenters. The van der Waals surface area contributed by atoms with Gasteiger partial charge < -0.3 is 5.32 Å². The molecule has 2 N–H and O–H groups in total. The maximum Gasteiger partial charge on any atom is 0.320 e. The van der Waals surface area contributed by atoms with Crippen LogP contribution in [0.1, 0.15) is 70.6 Å². The summed E-state index contributed by atoms with van der Waals surface area (Å²) in [5.41, 5.74) is 0. The van der Waals surface area contributed by atoms with E-state index in [1.807, 2.05) is 0 Å². The zero-order valence-electron chi connectivity index (χ0n) is 13.4. The number of carbonyl (C=O) groups is 1. The number of amides is 2. The largest absolute Gasteiger partial charge is 0.335 e. The first kappa shape index (κ1) is 16.7. The lowest BCUT2D eigenvalue weighted by Crippen LogP contribution is -2.38. The van der Waals surface area contributed by atoms with Crippen molar-refractivity contribution in [2.24, 2.45) is 0 Å². The van der Waals surface area contributed by atoms with Crippen molar-refractivity contribution in [3.63, 3.8) is 0 Å². The second kappa shape index (κ2) is 10.1. The molecule has 5 heteroatoms. The Balaban J connectivity index is 1.77. The molecule has 1 aromatic rings. The molecule has 0 spiro atoms. The summed E-state index contributed by atoms with van der Waals surface area (Å²) >= 11 is 0. The van der Waals surface area contributed by atoms with Gasteiger partial charge in [-0.25, -0.2) is 9.78 Å². The lowest BCUT2D eigenvalue weighted by molar-refractivity contribution is 0.246. The quantitative estimate of drug-likeness (QED) is 0.857. The summed E-state index contributed by atoms with van der Waals surface area (Å²) in [4.78, 5) is 20.1. The molecule has 0 aliphatic heterocycles. The molecule has 1 heterocycles. The topological polar surface area (TPSA) is 66.9 Å². The molecular formula is C17H28N4O. The molecule has 1 fully saturated rings. The first-order chi connectivity index (χ1) is 10.8. The molecule has 122 valence electrons. The molecule has 0 bridgehead atoms. The third-order valence-corrected chi connectivity index (χ3v) is 4.25. The summed E-state index contributed by atoms with van der Waals surface area (Å²) in [5.74, 6) is 0.494. The molecule has 1 aliphatic rings. The van der Waals surface area contributed by atoms with Crippen molar-refractivity contribution in [1.29, 1.82) is 0 Å². The SMILES string of the molecule is O=C(Nc1cnccn1)NC1CCCCCCCCCCC1. The van der Waals surface area contributed by atoms with Crippen molar-refractivity contribution in [2.45, 2.75) is 76.7 Å². The van der Waals surface area contributed by atoms with E-state index in [1.54, 1.807) is 18.6 Å². The van der Waals surface area contributed by atoms with Crippen LogP contribution < -0.4 is 10.6 Å². The smallest absolute Gasteiger partial charge is 0.320 e. The van der Waals surface area contributed by atoms with E-state index in [9.17, 15) is 4.79 Å². The van der Waals surface area contributed by atoms with Crippen molar-refractivity contribution < 1.29 is 4.79 Å². The Bertz CT molecular complexity index is 412. The molecule has 0 unspecified atom stereocenters. The maximum absolute atomic E-state index is 12.1. The maximum atomic E-state index is 12.1. The average molecular weight is 304 g/mol. The lowest BCUT2D eigenvalue weighted by atomic mass is 9.98. The van der Waals surface area contributed by atoms with Crippen LogP contribution in [0.4, 0.5) is 10.6 Å². The molecule has 5 nitrogen and oxygen atoms in total. The van der Waals surface area contributed by atoms with Crippen LogP contribution in [0.15, 0.2) is 18.6 Å². The molecule has 2 rings (SSSR count). The normalized spacial score (nSPS) is 18.7. The summed E-state index contributed by atoms with van der Waals surface area (Å²) < 4.78 is 0. The predicted molar refractivity (Wildman–Crippen MR) is 88.8 cm³/mol. The van der Waals surface area contributed by atoms with Crippen molar-refractivity contribution in [2.75, 3.05) is 5.32 Å². The van der Waals surface area contributed by atoms with Gasteiger partial charge in [-0.2, -0.15) is 0 Å². The minimum atomic E-state index is -0.169. The predicted octanol–water partition coefficient (Wildman–Crippen LogP) is 4.27. The highest BCUT2D eigenvalue weighted by atomic mass is 16.2. The third kappa shape index (κ3) is 6.87. The average Bonchev–Trinajstić information content (AvgIpc) is 2.51. The minimum absolute atomic E-state index is 0.169. The van der Waals surface area contributed by atoms with Crippen molar-refractivity contribution in [1.82, 2.24) is 15.3 Å². The van der Waals surface area contributed by atoms with Crippen LogP contribution in [0.2, 0.25) is 0 Å². The highest BCUT2D eigenvalue weighted by molar-refractivity contribution is 5.88. The number of nitrogens with zero attached hydrogens (tertiary/aromatic N) is 2. The van der Waals surface area contributed by atoms with Gasteiger partial charge in [-0.3, -0.25) is 10.3 Å². The first-order valence-electron chi connectivity index (χ1n) is 8.68. The highest BCUT2D eigenvalue weighted by Crippen LogP contribution is 2.17. The van der Waals surface area contributed by atoms with Gasteiger partial charge in [0, 0.05) is 18.4 Å². The molecule has 0 aromatic carbocycles. The van der Waals surface area contributed by atoms with Gasteiger partial charge in [-0.05, 0) is 12.8 Å². The molecule has 0 saturated heterocycles. The molecule has 22 heavy (non-hydrogen) atoms. The summed E-state index contributed by atoms with van der Waals surface area (Å²) in [6.07, 6.45) is 18.6. The monoisotopic (exact) mass is 304 g/mol. The van der Waals surface area contributed by atoms with Crippen molar-refractivity contribution in [3.05, 3.63) is 18.6 Å². The Kier molecular flexibility index (Phi) is 7.70. The Morgan fingerprint density at radius 2 is 1.50 bits per heavy atom. The van der Waals surface area contributed by atoms with Crippen LogP contribution >= 0.6 is 0 Å². The number of aromatic nitrogens is 2. The molecule has 1 aromatic heterocycles. The minimum Gasteiger partial charge on any atom is -0.335 e. The van der Waals surface area contributed by atoms with Crippen LogP contribution in [0, 0.1) is 0 Å². The number of hydrogen-bond acceptors (Lipinski definition) is 3. The Morgan fingerprint density at radius 1 is 0.909 bits per heavy atom. The van der Waals surface area contributed by atoms with Crippen LogP contribution in [0.25, 0.3) is 0 Å². The van der Waals surface area contributed by atoms with Gasteiger partial charge in [0.15, 0.2) is 5.82 Å². The molecule has 1 saturated carbocycles. The van der Waals surface area contributed by atoms with E-state index < -0.39 is 0 Å². The highest BCUT2D eigenvalue weighted by Gasteiger charge is 2.13. The van der Waals surface area contributed by atoms with E-state index in [0.717, 1.165) is 12.8 Å².